The van der Waals surface area contributed by atoms with E-state index in [1.165, 1.54) is 0 Å². The van der Waals surface area contributed by atoms with Crippen molar-refractivity contribution in [3.05, 3.63) is 65.2 Å². The molecule has 1 amide bonds. The third kappa shape index (κ3) is 2.53. The number of esters is 1. The van der Waals surface area contributed by atoms with Crippen molar-refractivity contribution in [2.75, 3.05) is 17.8 Å². The minimum absolute atomic E-state index is 0.0789. The molecule has 5 heteroatoms. The lowest BCUT2D eigenvalue weighted by Gasteiger charge is -2.29. The molecule has 0 saturated carbocycles. The largest absolute Gasteiger partial charge is 0.454 e. The van der Waals surface area contributed by atoms with Gasteiger partial charge in [-0.15, -0.1) is 11.6 Å². The van der Waals surface area contributed by atoms with Gasteiger partial charge in [0, 0.05) is 24.1 Å². The van der Waals surface area contributed by atoms with Gasteiger partial charge in [0.15, 0.2) is 0 Å². The maximum absolute atomic E-state index is 13.1. The number of hydrogen-bond donors (Lipinski definition) is 0. The van der Waals surface area contributed by atoms with Crippen LogP contribution < -0.4 is 4.90 Å². The smallest absolute Gasteiger partial charge is 0.339 e. The molecule has 0 aliphatic carbocycles. The molecule has 0 saturated heterocycles. The van der Waals surface area contributed by atoms with Gasteiger partial charge < -0.3 is 9.64 Å². The summed E-state index contributed by atoms with van der Waals surface area (Å²) in [5.41, 5.74) is 4.41. The van der Waals surface area contributed by atoms with E-state index in [0.29, 0.717) is 29.9 Å². The number of amides is 1. The molecule has 0 radical (unpaired) electrons. The molecule has 2 aromatic carbocycles. The van der Waals surface area contributed by atoms with E-state index in [-0.39, 0.29) is 11.9 Å². The van der Waals surface area contributed by atoms with Crippen LogP contribution in [-0.2, 0) is 9.53 Å². The molecule has 132 valence electrons. The van der Waals surface area contributed by atoms with Gasteiger partial charge in [0.05, 0.1) is 16.8 Å². The van der Waals surface area contributed by atoms with E-state index >= 15 is 0 Å². The van der Waals surface area contributed by atoms with Crippen LogP contribution in [0.25, 0.3) is 11.1 Å². The maximum atomic E-state index is 13.1. The molecule has 0 N–H and O–H groups in total. The zero-order valence-electron chi connectivity index (χ0n) is 14.4. The lowest BCUT2D eigenvalue weighted by molar-refractivity contribution is -0.112. The predicted molar refractivity (Wildman–Crippen MR) is 102 cm³/mol. The highest BCUT2D eigenvalue weighted by Crippen LogP contribution is 2.44. The standard InChI is InChI=1S/C21H18ClNO3/c1-23-16-10-5-4-9-15(16)19(20(23)24)18-13-7-2-3-8-14(13)21(25)26-17(18)11-6-12-22/h2-5,7-10,17H,6,11-12H2,1H3/b19-18-. The van der Waals surface area contributed by atoms with Crippen molar-refractivity contribution in [2.24, 2.45) is 0 Å². The lowest BCUT2D eigenvalue weighted by Crippen LogP contribution is -2.29. The van der Waals surface area contributed by atoms with Crippen molar-refractivity contribution in [3.8, 4) is 0 Å². The van der Waals surface area contributed by atoms with Gasteiger partial charge >= 0.3 is 5.97 Å². The fourth-order valence-electron chi connectivity index (χ4n) is 3.71. The Morgan fingerprint density at radius 1 is 1.00 bits per heavy atom. The molecular weight excluding hydrogens is 350 g/mol. The Labute approximate surface area is 157 Å². The first-order valence-corrected chi connectivity index (χ1v) is 9.15. The first kappa shape index (κ1) is 16.9. The van der Waals surface area contributed by atoms with Gasteiger partial charge in [-0.3, -0.25) is 4.79 Å². The van der Waals surface area contributed by atoms with Crippen LogP contribution in [0.5, 0.6) is 0 Å². The number of rotatable bonds is 3. The van der Waals surface area contributed by atoms with Gasteiger partial charge in [-0.05, 0) is 30.5 Å². The van der Waals surface area contributed by atoms with Crippen molar-refractivity contribution < 1.29 is 14.3 Å². The maximum Gasteiger partial charge on any atom is 0.339 e. The molecule has 0 bridgehead atoms. The van der Waals surface area contributed by atoms with Crippen LogP contribution in [0.4, 0.5) is 5.69 Å². The summed E-state index contributed by atoms with van der Waals surface area (Å²) in [6.45, 7) is 0. The summed E-state index contributed by atoms with van der Waals surface area (Å²) in [6, 6.07) is 15.0. The number of fused-ring (bicyclic) bond motifs is 2. The monoisotopic (exact) mass is 367 g/mol. The topological polar surface area (TPSA) is 46.6 Å². The van der Waals surface area contributed by atoms with Crippen LogP contribution in [0.2, 0.25) is 0 Å². The fraction of sp³-hybridized carbons (Fsp3) is 0.238. The Morgan fingerprint density at radius 3 is 2.38 bits per heavy atom. The molecular formula is C21H18ClNO3. The average molecular weight is 368 g/mol. The molecule has 0 aromatic heterocycles. The summed E-state index contributed by atoms with van der Waals surface area (Å²) < 4.78 is 5.71. The number of carbonyl (C=O) groups is 2. The third-order valence-corrected chi connectivity index (χ3v) is 5.20. The van der Waals surface area contributed by atoms with Crippen LogP contribution in [0.15, 0.2) is 48.5 Å². The minimum Gasteiger partial charge on any atom is -0.454 e. The number of ether oxygens (including phenoxy) is 1. The number of cyclic esters (lactones) is 1. The highest BCUT2D eigenvalue weighted by Gasteiger charge is 2.39. The second-order valence-corrected chi connectivity index (χ2v) is 6.82. The zero-order valence-corrected chi connectivity index (χ0v) is 15.1. The van der Waals surface area contributed by atoms with E-state index in [1.54, 1.807) is 24.1 Å². The fourth-order valence-corrected chi connectivity index (χ4v) is 3.87. The van der Waals surface area contributed by atoms with E-state index in [0.717, 1.165) is 22.4 Å². The Morgan fingerprint density at radius 2 is 1.65 bits per heavy atom. The summed E-state index contributed by atoms with van der Waals surface area (Å²) in [4.78, 5) is 27.2. The molecule has 2 aliphatic heterocycles. The lowest BCUT2D eigenvalue weighted by atomic mass is 9.85. The Kier molecular flexibility index (Phi) is 4.29. The average Bonchev–Trinajstić information content (AvgIpc) is 2.92. The molecule has 2 aromatic rings. The summed E-state index contributed by atoms with van der Waals surface area (Å²) in [5.74, 6) is 0.0457. The van der Waals surface area contributed by atoms with E-state index in [1.807, 2.05) is 36.4 Å². The highest BCUT2D eigenvalue weighted by atomic mass is 35.5. The Bertz CT molecular complexity index is 934. The number of anilines is 1. The first-order chi connectivity index (χ1) is 12.6. The van der Waals surface area contributed by atoms with Crippen LogP contribution in [-0.4, -0.2) is 30.9 Å². The Balaban J connectivity index is 1.99. The van der Waals surface area contributed by atoms with Crippen molar-refractivity contribution in [1.82, 2.24) is 0 Å². The second kappa shape index (κ2) is 6.61. The number of para-hydroxylation sites is 1. The minimum atomic E-state index is -0.477. The molecule has 0 fully saturated rings. The first-order valence-electron chi connectivity index (χ1n) is 8.61. The number of carbonyl (C=O) groups excluding carboxylic acids is 2. The quantitative estimate of drug-likeness (QED) is 0.465. The van der Waals surface area contributed by atoms with Gasteiger partial charge in [0.25, 0.3) is 5.91 Å². The van der Waals surface area contributed by atoms with E-state index in [2.05, 4.69) is 0 Å². The number of nitrogens with zero attached hydrogens (tertiary/aromatic N) is 1. The zero-order chi connectivity index (χ0) is 18.3. The van der Waals surface area contributed by atoms with E-state index in [4.69, 9.17) is 16.3 Å². The van der Waals surface area contributed by atoms with Gasteiger partial charge in [0.1, 0.15) is 6.10 Å². The summed E-state index contributed by atoms with van der Waals surface area (Å²) in [5, 5.41) is 0. The second-order valence-electron chi connectivity index (χ2n) is 6.44. The van der Waals surface area contributed by atoms with Crippen LogP contribution >= 0.6 is 11.6 Å². The molecule has 1 atom stereocenters. The molecule has 4 rings (SSSR count). The summed E-state index contributed by atoms with van der Waals surface area (Å²) >= 11 is 5.87. The van der Waals surface area contributed by atoms with Crippen LogP contribution in [0, 0.1) is 0 Å². The third-order valence-electron chi connectivity index (χ3n) is 4.93. The summed E-state index contributed by atoms with van der Waals surface area (Å²) in [7, 11) is 1.77. The van der Waals surface area contributed by atoms with Crippen molar-refractivity contribution in [2.45, 2.75) is 18.9 Å². The molecule has 2 heterocycles. The van der Waals surface area contributed by atoms with Gasteiger partial charge in [0.2, 0.25) is 0 Å². The van der Waals surface area contributed by atoms with Crippen LogP contribution in [0.3, 0.4) is 0 Å². The molecule has 2 aliphatic rings. The normalized spacial score (nSPS) is 21.5. The van der Waals surface area contributed by atoms with Crippen molar-refractivity contribution >= 4 is 40.3 Å². The molecule has 0 spiro atoms. The van der Waals surface area contributed by atoms with E-state index in [9.17, 15) is 9.59 Å². The van der Waals surface area contributed by atoms with Crippen LogP contribution in [0.1, 0.15) is 34.3 Å². The van der Waals surface area contributed by atoms with Crippen molar-refractivity contribution in [1.29, 1.82) is 0 Å². The van der Waals surface area contributed by atoms with E-state index < -0.39 is 6.10 Å². The number of benzene rings is 2. The number of halogens is 1. The number of alkyl halides is 1. The molecule has 26 heavy (non-hydrogen) atoms. The number of likely N-dealkylation sites (N-methyl/N-ethyl adjacent to an activating group) is 1. The van der Waals surface area contributed by atoms with Gasteiger partial charge in [-0.25, -0.2) is 4.79 Å². The molecule has 4 nitrogen and oxygen atoms in total. The highest BCUT2D eigenvalue weighted by molar-refractivity contribution is 6.38. The number of hydrogen-bond acceptors (Lipinski definition) is 3. The predicted octanol–water partition coefficient (Wildman–Crippen LogP) is 4.13. The Hall–Kier alpha value is -2.59. The SMILES string of the molecule is CN1C(=O)/C(=C2/c3ccccc3C(=O)OC2CCCCl)c2ccccc21. The van der Waals surface area contributed by atoms with Gasteiger partial charge in [-0.2, -0.15) is 0 Å². The summed E-state index contributed by atoms with van der Waals surface area (Å²) in [6.07, 6.45) is 0.806. The molecule has 1 unspecified atom stereocenters. The van der Waals surface area contributed by atoms with Crippen molar-refractivity contribution in [3.63, 3.8) is 0 Å². The van der Waals surface area contributed by atoms with Gasteiger partial charge in [-0.1, -0.05) is 36.4 Å².